The van der Waals surface area contributed by atoms with Gasteiger partial charge in [0.25, 0.3) is 11.7 Å². The minimum atomic E-state index is -5.02. The van der Waals surface area contributed by atoms with E-state index in [0.29, 0.717) is 22.7 Å². The fourth-order valence-corrected chi connectivity index (χ4v) is 3.71. The molecule has 6 nitrogen and oxygen atoms in total. The van der Waals surface area contributed by atoms with Crippen LogP contribution >= 0.6 is 11.6 Å². The Labute approximate surface area is 214 Å². The molecular weight excluding hydrogens is 511 g/mol. The molecule has 0 aliphatic rings. The molecule has 0 saturated carbocycles. The van der Waals surface area contributed by atoms with Crippen molar-refractivity contribution in [3.05, 3.63) is 98.4 Å². The monoisotopic (exact) mass is 531 g/mol. The topological polar surface area (TPSA) is 77.8 Å². The highest BCUT2D eigenvalue weighted by atomic mass is 35.5. The Bertz CT molecular complexity index is 1490. The quantitative estimate of drug-likeness (QED) is 0.292. The first-order valence-corrected chi connectivity index (χ1v) is 11.5. The van der Waals surface area contributed by atoms with Crippen LogP contribution in [-0.4, -0.2) is 12.5 Å². The lowest BCUT2D eigenvalue weighted by atomic mass is 10.1. The van der Waals surface area contributed by atoms with Crippen molar-refractivity contribution in [3.8, 4) is 17.2 Å². The summed E-state index contributed by atoms with van der Waals surface area (Å²) < 4.78 is 57.4. The van der Waals surface area contributed by atoms with E-state index in [4.69, 9.17) is 25.5 Å². The van der Waals surface area contributed by atoms with E-state index in [1.54, 1.807) is 13.8 Å². The number of aryl methyl sites for hydroxylation is 2. The van der Waals surface area contributed by atoms with Gasteiger partial charge < -0.3 is 19.2 Å². The van der Waals surface area contributed by atoms with E-state index in [-0.39, 0.29) is 29.1 Å². The number of hydrogen-bond donors (Lipinski definition) is 1. The summed E-state index contributed by atoms with van der Waals surface area (Å²) in [5.41, 5.74) is 0.668. The van der Waals surface area contributed by atoms with Gasteiger partial charge in [0.15, 0.2) is 6.61 Å². The summed E-state index contributed by atoms with van der Waals surface area (Å²) in [6.07, 6.45) is -5.02. The van der Waals surface area contributed by atoms with Crippen molar-refractivity contribution in [2.24, 2.45) is 0 Å². The van der Waals surface area contributed by atoms with Crippen molar-refractivity contribution in [1.82, 2.24) is 5.32 Å². The third kappa shape index (κ3) is 6.06. The molecule has 1 aromatic heterocycles. The number of halogens is 4. The van der Waals surface area contributed by atoms with E-state index < -0.39 is 29.0 Å². The second-order valence-corrected chi connectivity index (χ2v) is 8.65. The van der Waals surface area contributed by atoms with Gasteiger partial charge in [-0.25, -0.2) is 0 Å². The fraction of sp³-hybridized carbons (Fsp3) is 0.185. The molecule has 192 valence electrons. The Balaban J connectivity index is 1.59. The first-order chi connectivity index (χ1) is 17.5. The van der Waals surface area contributed by atoms with Gasteiger partial charge in [0.05, 0.1) is 5.39 Å². The summed E-state index contributed by atoms with van der Waals surface area (Å²) in [5, 5.41) is 2.97. The zero-order chi connectivity index (χ0) is 26.7. The molecule has 0 aliphatic heterocycles. The van der Waals surface area contributed by atoms with E-state index in [9.17, 15) is 22.8 Å². The van der Waals surface area contributed by atoms with Crippen molar-refractivity contribution < 1.29 is 31.9 Å². The normalized spacial score (nSPS) is 11.4. The van der Waals surface area contributed by atoms with Gasteiger partial charge in [-0.3, -0.25) is 9.59 Å². The third-order valence-corrected chi connectivity index (χ3v) is 6.01. The zero-order valence-corrected chi connectivity index (χ0v) is 20.5. The molecule has 0 radical (unpaired) electrons. The van der Waals surface area contributed by atoms with Crippen molar-refractivity contribution in [2.45, 2.75) is 26.6 Å². The number of hydrogen-bond acceptors (Lipinski definition) is 5. The zero-order valence-electron chi connectivity index (χ0n) is 19.7. The third-order valence-electron chi connectivity index (χ3n) is 5.41. The second-order valence-electron chi connectivity index (χ2n) is 8.27. The Hall–Kier alpha value is -3.98. The predicted octanol–water partition coefficient (Wildman–Crippen LogP) is 6.57. The Morgan fingerprint density at radius 2 is 1.68 bits per heavy atom. The standard InChI is InChI=1S/C27H21ClF3NO5/c1-15-10-19(11-16(2)23(15)28)36-25-24(34)20-9-8-18(12-21(20)37-26(25)27(29,30)31)35-14-22(33)32-13-17-6-4-3-5-7-17/h3-12H,13-14H2,1-2H3,(H,32,33). The molecule has 0 saturated heterocycles. The van der Waals surface area contributed by atoms with Gasteiger partial charge in [0.1, 0.15) is 17.1 Å². The number of benzene rings is 3. The molecule has 0 atom stereocenters. The van der Waals surface area contributed by atoms with Crippen molar-refractivity contribution in [3.63, 3.8) is 0 Å². The fourth-order valence-electron chi connectivity index (χ4n) is 3.60. The molecule has 0 spiro atoms. The highest BCUT2D eigenvalue weighted by Crippen LogP contribution is 2.39. The van der Waals surface area contributed by atoms with Crippen LogP contribution in [0.5, 0.6) is 17.2 Å². The van der Waals surface area contributed by atoms with Crippen LogP contribution in [0.15, 0.2) is 69.9 Å². The number of ether oxygens (including phenoxy) is 2. The maximum absolute atomic E-state index is 13.8. The second kappa shape index (κ2) is 10.6. The van der Waals surface area contributed by atoms with E-state index >= 15 is 0 Å². The van der Waals surface area contributed by atoms with E-state index in [0.717, 1.165) is 11.6 Å². The SMILES string of the molecule is Cc1cc(Oc2c(C(F)(F)F)oc3cc(OCC(=O)NCc4ccccc4)ccc3c2=O)cc(C)c1Cl. The summed E-state index contributed by atoms with van der Waals surface area (Å²) in [7, 11) is 0. The summed E-state index contributed by atoms with van der Waals surface area (Å²) in [6, 6.07) is 15.8. The molecule has 1 N–H and O–H groups in total. The molecule has 0 unspecified atom stereocenters. The largest absolute Gasteiger partial charge is 0.484 e. The van der Waals surface area contributed by atoms with Crippen molar-refractivity contribution in [1.29, 1.82) is 0 Å². The van der Waals surface area contributed by atoms with Crippen LogP contribution in [0.4, 0.5) is 13.2 Å². The number of amides is 1. The molecular formula is C27H21ClF3NO5. The number of rotatable bonds is 7. The summed E-state index contributed by atoms with van der Waals surface area (Å²) >= 11 is 6.12. The lowest BCUT2D eigenvalue weighted by Crippen LogP contribution is -2.28. The molecule has 1 amide bonds. The molecule has 0 bridgehead atoms. The minimum absolute atomic E-state index is 0.0121. The molecule has 10 heteroatoms. The molecule has 1 heterocycles. The van der Waals surface area contributed by atoms with Crippen LogP contribution < -0.4 is 20.2 Å². The van der Waals surface area contributed by atoms with E-state index in [1.165, 1.54) is 24.3 Å². The lowest BCUT2D eigenvalue weighted by molar-refractivity contribution is -0.154. The van der Waals surface area contributed by atoms with Gasteiger partial charge in [-0.2, -0.15) is 13.2 Å². The highest BCUT2D eigenvalue weighted by Gasteiger charge is 2.40. The molecule has 0 aliphatic carbocycles. The van der Waals surface area contributed by atoms with Crippen LogP contribution in [0.3, 0.4) is 0 Å². The summed E-state index contributed by atoms with van der Waals surface area (Å²) in [4.78, 5) is 25.1. The Morgan fingerprint density at radius 1 is 1.00 bits per heavy atom. The van der Waals surface area contributed by atoms with Crippen LogP contribution in [-0.2, 0) is 17.5 Å². The average Bonchev–Trinajstić information content (AvgIpc) is 2.86. The van der Waals surface area contributed by atoms with Gasteiger partial charge in [-0.15, -0.1) is 0 Å². The summed E-state index contributed by atoms with van der Waals surface area (Å²) in [5.74, 6) is -2.95. The maximum atomic E-state index is 13.8. The van der Waals surface area contributed by atoms with Crippen molar-refractivity contribution >= 4 is 28.5 Å². The van der Waals surface area contributed by atoms with E-state index in [1.807, 2.05) is 30.3 Å². The summed E-state index contributed by atoms with van der Waals surface area (Å²) in [6.45, 7) is 3.24. The van der Waals surface area contributed by atoms with E-state index in [2.05, 4.69) is 5.32 Å². The number of nitrogens with one attached hydrogen (secondary N) is 1. The first-order valence-electron chi connectivity index (χ1n) is 11.1. The number of carbonyl (C=O) groups is 1. The first kappa shape index (κ1) is 26.1. The van der Waals surface area contributed by atoms with Gasteiger partial charge in [-0.05, 0) is 54.8 Å². The lowest BCUT2D eigenvalue weighted by Gasteiger charge is -2.15. The molecule has 4 rings (SSSR count). The van der Waals surface area contributed by atoms with Gasteiger partial charge in [0, 0.05) is 17.6 Å². The average molecular weight is 532 g/mol. The highest BCUT2D eigenvalue weighted by molar-refractivity contribution is 6.32. The Morgan fingerprint density at radius 3 is 2.32 bits per heavy atom. The Kier molecular flexibility index (Phi) is 7.45. The minimum Gasteiger partial charge on any atom is -0.484 e. The van der Waals surface area contributed by atoms with Gasteiger partial charge >= 0.3 is 6.18 Å². The maximum Gasteiger partial charge on any atom is 0.453 e. The predicted molar refractivity (Wildman–Crippen MR) is 132 cm³/mol. The van der Waals surface area contributed by atoms with Crippen LogP contribution in [0, 0.1) is 13.8 Å². The van der Waals surface area contributed by atoms with Crippen LogP contribution in [0.1, 0.15) is 22.5 Å². The van der Waals surface area contributed by atoms with Crippen LogP contribution in [0.2, 0.25) is 5.02 Å². The molecule has 4 aromatic rings. The van der Waals surface area contributed by atoms with Crippen LogP contribution in [0.25, 0.3) is 11.0 Å². The number of alkyl halides is 3. The van der Waals surface area contributed by atoms with Crippen molar-refractivity contribution in [2.75, 3.05) is 6.61 Å². The van der Waals surface area contributed by atoms with Gasteiger partial charge in [-0.1, -0.05) is 41.9 Å². The number of carbonyl (C=O) groups excluding carboxylic acids is 1. The molecule has 37 heavy (non-hydrogen) atoms. The number of fused-ring (bicyclic) bond motifs is 1. The van der Waals surface area contributed by atoms with Gasteiger partial charge in [0.2, 0.25) is 11.2 Å². The molecule has 0 fully saturated rings. The molecule has 3 aromatic carbocycles. The smallest absolute Gasteiger partial charge is 0.453 e.